The maximum Gasteiger partial charge on any atom is 0.407 e. The number of carboxylic acid groups (broad SMARTS) is 1. The number of benzene rings is 2. The van der Waals surface area contributed by atoms with Crippen LogP contribution in [0.15, 0.2) is 60.9 Å². The van der Waals surface area contributed by atoms with Gasteiger partial charge in [-0.15, -0.1) is 0 Å². The molecule has 1 unspecified atom stereocenters. The molecule has 1 aliphatic heterocycles. The van der Waals surface area contributed by atoms with Crippen LogP contribution in [0.2, 0.25) is 0 Å². The fourth-order valence-corrected chi connectivity index (χ4v) is 5.10. The van der Waals surface area contributed by atoms with Gasteiger partial charge in [0.25, 0.3) is 0 Å². The summed E-state index contributed by atoms with van der Waals surface area (Å²) in [5.41, 5.74) is 3.55. The Morgan fingerprint density at radius 1 is 1.05 bits per heavy atom. The van der Waals surface area contributed by atoms with E-state index in [1.807, 2.05) is 25.1 Å². The van der Waals surface area contributed by atoms with Gasteiger partial charge in [0.05, 0.1) is 11.3 Å². The highest BCUT2D eigenvalue weighted by Gasteiger charge is 2.24. The minimum atomic E-state index is -0.900. The number of hydrogen-bond acceptors (Lipinski definition) is 7. The van der Waals surface area contributed by atoms with Gasteiger partial charge in [0.1, 0.15) is 5.75 Å². The van der Waals surface area contributed by atoms with E-state index in [2.05, 4.69) is 50.9 Å². The van der Waals surface area contributed by atoms with E-state index in [0.717, 1.165) is 58.6 Å². The number of pyridine rings is 1. The predicted octanol–water partition coefficient (Wildman–Crippen LogP) is 6.17. The molecule has 9 nitrogen and oxygen atoms in total. The molecule has 9 heteroatoms. The van der Waals surface area contributed by atoms with Crippen molar-refractivity contribution in [3.05, 3.63) is 66.5 Å². The quantitative estimate of drug-likeness (QED) is 0.251. The van der Waals surface area contributed by atoms with Crippen LogP contribution in [0.1, 0.15) is 31.2 Å². The van der Waals surface area contributed by atoms with Gasteiger partial charge >= 0.3 is 6.09 Å². The van der Waals surface area contributed by atoms with Crippen molar-refractivity contribution in [1.29, 1.82) is 0 Å². The van der Waals surface area contributed by atoms with Gasteiger partial charge in [-0.3, -0.25) is 0 Å². The second-order valence-electron chi connectivity index (χ2n) is 10.4. The van der Waals surface area contributed by atoms with Gasteiger partial charge in [-0.25, -0.2) is 19.7 Å². The number of nitrogens with zero attached hydrogens (tertiary/aromatic N) is 4. The Hall–Kier alpha value is -4.40. The van der Waals surface area contributed by atoms with Crippen LogP contribution in [0.25, 0.3) is 22.0 Å². The lowest BCUT2D eigenvalue weighted by molar-refractivity contribution is 0.132. The summed E-state index contributed by atoms with van der Waals surface area (Å²) in [6, 6.07) is 16.1. The van der Waals surface area contributed by atoms with Crippen molar-refractivity contribution >= 4 is 28.5 Å². The third-order valence-corrected chi connectivity index (χ3v) is 7.41. The molecule has 3 heterocycles. The van der Waals surface area contributed by atoms with Crippen LogP contribution >= 0.6 is 0 Å². The molecule has 2 aromatic carbocycles. The molecule has 1 amide bonds. The summed E-state index contributed by atoms with van der Waals surface area (Å²) < 4.78 is 6.54. The molecule has 0 bridgehead atoms. The zero-order valence-corrected chi connectivity index (χ0v) is 21.9. The second kappa shape index (κ2) is 10.8. The van der Waals surface area contributed by atoms with Gasteiger partial charge in [0.2, 0.25) is 11.8 Å². The summed E-state index contributed by atoms with van der Waals surface area (Å²) >= 11 is 0. The van der Waals surface area contributed by atoms with E-state index in [9.17, 15) is 9.90 Å². The first kappa shape index (κ1) is 24.9. The van der Waals surface area contributed by atoms with E-state index >= 15 is 0 Å². The Balaban J connectivity index is 1.28. The van der Waals surface area contributed by atoms with Crippen molar-refractivity contribution in [3.63, 3.8) is 0 Å². The summed E-state index contributed by atoms with van der Waals surface area (Å²) in [5.74, 6) is 2.46. The highest BCUT2D eigenvalue weighted by Crippen LogP contribution is 2.39. The third-order valence-electron chi connectivity index (χ3n) is 7.41. The maximum absolute atomic E-state index is 11.4. The minimum absolute atomic E-state index is 0.0456. The van der Waals surface area contributed by atoms with Crippen LogP contribution in [0.3, 0.4) is 0 Å². The number of carbonyl (C=O) groups is 1. The summed E-state index contributed by atoms with van der Waals surface area (Å²) in [5, 5.41) is 18.4. The average molecular weight is 525 g/mol. The Bertz CT molecular complexity index is 1510. The predicted molar refractivity (Wildman–Crippen MR) is 151 cm³/mol. The zero-order valence-electron chi connectivity index (χ0n) is 21.9. The number of nitrogens with one attached hydrogen (secondary N) is 2. The van der Waals surface area contributed by atoms with Gasteiger partial charge < -0.3 is 25.4 Å². The van der Waals surface area contributed by atoms with Gasteiger partial charge in [-0.1, -0.05) is 24.3 Å². The number of aryl methyl sites for hydroxylation is 1. The molecule has 6 rings (SSSR count). The molecular formula is C30H32N6O3. The first-order valence-corrected chi connectivity index (χ1v) is 13.5. The summed E-state index contributed by atoms with van der Waals surface area (Å²) in [7, 11) is 0. The number of likely N-dealkylation sites (tertiary alicyclic amines) is 1. The number of rotatable bonds is 8. The van der Waals surface area contributed by atoms with Crippen LogP contribution in [0.5, 0.6) is 11.6 Å². The lowest BCUT2D eigenvalue weighted by Crippen LogP contribution is -2.44. The fourth-order valence-electron chi connectivity index (χ4n) is 5.10. The van der Waals surface area contributed by atoms with Crippen LogP contribution in [-0.4, -0.2) is 56.7 Å². The fraction of sp³-hybridized carbons (Fsp3) is 0.333. The van der Waals surface area contributed by atoms with Crippen LogP contribution in [-0.2, 0) is 0 Å². The molecule has 39 heavy (non-hydrogen) atoms. The molecule has 1 aliphatic carbocycles. The Kier molecular flexibility index (Phi) is 6.87. The Morgan fingerprint density at radius 2 is 1.95 bits per heavy atom. The second-order valence-corrected chi connectivity index (χ2v) is 10.4. The molecule has 2 aliphatic rings. The molecule has 1 atom stereocenters. The molecule has 3 N–H and O–H groups in total. The molecule has 2 fully saturated rings. The Morgan fingerprint density at radius 3 is 2.79 bits per heavy atom. The third kappa shape index (κ3) is 5.57. The molecule has 1 saturated heterocycles. The maximum atomic E-state index is 11.4. The van der Waals surface area contributed by atoms with Crippen molar-refractivity contribution in [1.82, 2.24) is 19.9 Å². The molecule has 200 valence electrons. The highest BCUT2D eigenvalue weighted by molar-refractivity contribution is 5.98. The first-order chi connectivity index (χ1) is 19.0. The van der Waals surface area contributed by atoms with Crippen molar-refractivity contribution in [3.8, 4) is 22.9 Å². The average Bonchev–Trinajstić information content (AvgIpc) is 3.78. The number of piperidine rings is 1. The highest BCUT2D eigenvalue weighted by atomic mass is 16.5. The number of aromatic nitrogens is 3. The lowest BCUT2D eigenvalue weighted by Gasteiger charge is -2.31. The smallest absolute Gasteiger partial charge is 0.407 e. The summed E-state index contributed by atoms with van der Waals surface area (Å²) in [6.45, 7) is 3.99. The van der Waals surface area contributed by atoms with Gasteiger partial charge in [-0.2, -0.15) is 0 Å². The van der Waals surface area contributed by atoms with Gasteiger partial charge in [-0.05, 0) is 68.4 Å². The van der Waals surface area contributed by atoms with E-state index in [4.69, 9.17) is 9.72 Å². The number of ether oxygens (including phenoxy) is 1. The van der Waals surface area contributed by atoms with E-state index in [0.29, 0.717) is 30.6 Å². The van der Waals surface area contributed by atoms with Crippen LogP contribution < -0.4 is 15.4 Å². The van der Waals surface area contributed by atoms with Crippen molar-refractivity contribution < 1.29 is 14.6 Å². The monoisotopic (exact) mass is 524 g/mol. The van der Waals surface area contributed by atoms with Crippen molar-refractivity contribution in [2.24, 2.45) is 5.92 Å². The molecule has 0 spiro atoms. The summed E-state index contributed by atoms with van der Waals surface area (Å²) in [6.07, 6.45) is 6.77. The lowest BCUT2D eigenvalue weighted by atomic mass is 10.0. The first-order valence-electron chi connectivity index (χ1n) is 13.5. The van der Waals surface area contributed by atoms with Crippen molar-refractivity contribution in [2.45, 2.75) is 38.6 Å². The number of anilines is 2. The standard InChI is InChI=1S/C30H32N6O3/c1-19-9-12-22-23(6-2-8-25(22)33-17-20-10-11-20)27(19)39-28-24(7-3-14-31-28)26-13-15-32-29(35-26)34-21-5-4-16-36(18-21)30(37)38/h2-3,6-9,12-15,20-21,33H,4-5,10-11,16-18H2,1H3,(H,37,38)(H,32,34,35). The molecule has 2 aromatic heterocycles. The number of fused-ring (bicyclic) bond motifs is 1. The van der Waals surface area contributed by atoms with E-state index < -0.39 is 6.09 Å². The largest absolute Gasteiger partial charge is 0.465 e. The molecular weight excluding hydrogens is 492 g/mol. The topological polar surface area (TPSA) is 112 Å². The van der Waals surface area contributed by atoms with Crippen molar-refractivity contribution in [2.75, 3.05) is 30.3 Å². The summed E-state index contributed by atoms with van der Waals surface area (Å²) in [4.78, 5) is 26.5. The molecule has 4 aromatic rings. The van der Waals surface area contributed by atoms with Gasteiger partial charge in [0.15, 0.2) is 0 Å². The van der Waals surface area contributed by atoms with E-state index in [1.54, 1.807) is 12.4 Å². The SMILES string of the molecule is Cc1ccc2c(NCC3CC3)cccc2c1Oc1ncccc1-c1ccnc(NC2CCCN(C(=O)O)C2)n1. The zero-order chi connectivity index (χ0) is 26.8. The van der Waals surface area contributed by atoms with Gasteiger partial charge in [0, 0.05) is 54.5 Å². The van der Waals surface area contributed by atoms with E-state index in [1.165, 1.54) is 17.7 Å². The van der Waals surface area contributed by atoms with Crippen LogP contribution in [0, 0.1) is 12.8 Å². The number of amides is 1. The Labute approximate surface area is 227 Å². The molecule has 0 radical (unpaired) electrons. The van der Waals surface area contributed by atoms with Crippen LogP contribution in [0.4, 0.5) is 16.4 Å². The number of hydrogen-bond donors (Lipinski definition) is 3. The minimum Gasteiger partial charge on any atom is -0.465 e. The normalized spacial score (nSPS) is 17.2. The molecule has 1 saturated carbocycles. The van der Waals surface area contributed by atoms with E-state index in [-0.39, 0.29) is 6.04 Å².